The van der Waals surface area contributed by atoms with E-state index in [1.165, 1.54) is 14.9 Å². The molecule has 2 heterocycles. The molecule has 0 amide bonds. The second kappa shape index (κ2) is 5.76. The van der Waals surface area contributed by atoms with E-state index in [1.807, 2.05) is 6.07 Å². The predicted molar refractivity (Wildman–Crippen MR) is 84.5 cm³/mol. The van der Waals surface area contributed by atoms with Gasteiger partial charge in [-0.05, 0) is 58.9 Å². The summed E-state index contributed by atoms with van der Waals surface area (Å²) in [5.41, 5.74) is 1.20. The van der Waals surface area contributed by atoms with Crippen molar-refractivity contribution >= 4 is 27.3 Å². The van der Waals surface area contributed by atoms with E-state index in [9.17, 15) is 0 Å². The van der Waals surface area contributed by atoms with Crippen LogP contribution in [0.4, 0.5) is 0 Å². The van der Waals surface area contributed by atoms with Crippen molar-refractivity contribution in [3.63, 3.8) is 0 Å². The van der Waals surface area contributed by atoms with Crippen LogP contribution in [0.2, 0.25) is 0 Å². The van der Waals surface area contributed by atoms with Crippen LogP contribution in [-0.2, 0) is 0 Å². The van der Waals surface area contributed by atoms with E-state index in [2.05, 4.69) is 58.7 Å². The molecule has 106 valence electrons. The SMILES string of the molecule is CC(NC(C)c1sccc1Br)c1ccc2c(c1)OCO2. The third-order valence-corrected chi connectivity index (χ3v) is 5.49. The minimum atomic E-state index is 0.244. The first-order valence-electron chi connectivity index (χ1n) is 6.53. The Morgan fingerprint density at radius 1 is 1.15 bits per heavy atom. The Balaban J connectivity index is 1.73. The lowest BCUT2D eigenvalue weighted by Crippen LogP contribution is -2.22. The van der Waals surface area contributed by atoms with Gasteiger partial charge in [0.2, 0.25) is 6.79 Å². The summed E-state index contributed by atoms with van der Waals surface area (Å²) in [5.74, 6) is 1.66. The van der Waals surface area contributed by atoms with E-state index in [-0.39, 0.29) is 6.04 Å². The van der Waals surface area contributed by atoms with E-state index in [0.717, 1.165) is 11.5 Å². The van der Waals surface area contributed by atoms with Crippen LogP contribution in [0.3, 0.4) is 0 Å². The van der Waals surface area contributed by atoms with Crippen molar-refractivity contribution in [3.05, 3.63) is 44.6 Å². The maximum Gasteiger partial charge on any atom is 0.231 e. The first-order valence-corrected chi connectivity index (χ1v) is 8.21. The normalized spacial score (nSPS) is 16.1. The number of ether oxygens (including phenoxy) is 2. The van der Waals surface area contributed by atoms with E-state index >= 15 is 0 Å². The van der Waals surface area contributed by atoms with Crippen LogP contribution in [0.25, 0.3) is 0 Å². The highest BCUT2D eigenvalue weighted by Crippen LogP contribution is 2.35. The van der Waals surface area contributed by atoms with Crippen molar-refractivity contribution in [2.75, 3.05) is 6.79 Å². The second-order valence-corrected chi connectivity index (χ2v) is 6.66. The summed E-state index contributed by atoms with van der Waals surface area (Å²) in [6, 6.07) is 8.74. The molecule has 3 nitrogen and oxygen atoms in total. The molecule has 2 aromatic rings. The molecule has 1 aromatic heterocycles. The number of thiophene rings is 1. The van der Waals surface area contributed by atoms with E-state index < -0.39 is 0 Å². The Morgan fingerprint density at radius 3 is 2.70 bits per heavy atom. The second-order valence-electron chi connectivity index (χ2n) is 4.86. The quantitative estimate of drug-likeness (QED) is 0.867. The number of benzene rings is 1. The molecule has 20 heavy (non-hydrogen) atoms. The van der Waals surface area contributed by atoms with Gasteiger partial charge in [0.15, 0.2) is 11.5 Å². The Morgan fingerprint density at radius 2 is 1.95 bits per heavy atom. The van der Waals surface area contributed by atoms with Gasteiger partial charge in [-0.25, -0.2) is 0 Å². The Hall–Kier alpha value is -1.04. The number of fused-ring (bicyclic) bond motifs is 1. The smallest absolute Gasteiger partial charge is 0.231 e. The molecule has 1 aliphatic rings. The Kier molecular flexibility index (Phi) is 4.01. The van der Waals surface area contributed by atoms with E-state index in [1.54, 1.807) is 11.3 Å². The third kappa shape index (κ3) is 2.71. The fourth-order valence-corrected chi connectivity index (χ4v) is 4.08. The molecule has 3 rings (SSSR count). The predicted octanol–water partition coefficient (Wildman–Crippen LogP) is 4.65. The minimum Gasteiger partial charge on any atom is -0.454 e. The lowest BCUT2D eigenvalue weighted by molar-refractivity contribution is 0.174. The molecule has 1 aromatic carbocycles. The zero-order valence-electron chi connectivity index (χ0n) is 11.4. The summed E-state index contributed by atoms with van der Waals surface area (Å²) in [6.07, 6.45) is 0. The van der Waals surface area contributed by atoms with Crippen LogP contribution in [0, 0.1) is 0 Å². The van der Waals surface area contributed by atoms with Crippen molar-refractivity contribution in [3.8, 4) is 11.5 Å². The highest BCUT2D eigenvalue weighted by atomic mass is 79.9. The number of halogens is 1. The van der Waals surface area contributed by atoms with Gasteiger partial charge in [0.25, 0.3) is 0 Å². The van der Waals surface area contributed by atoms with Crippen LogP contribution in [-0.4, -0.2) is 6.79 Å². The fourth-order valence-electron chi connectivity index (χ4n) is 2.34. The van der Waals surface area contributed by atoms with Crippen molar-refractivity contribution < 1.29 is 9.47 Å². The third-order valence-electron chi connectivity index (χ3n) is 3.43. The zero-order valence-corrected chi connectivity index (χ0v) is 13.8. The standard InChI is InChI=1S/C15H16BrNO2S/c1-9(17-10(2)15-12(16)5-6-20-15)11-3-4-13-14(7-11)19-8-18-13/h3-7,9-10,17H,8H2,1-2H3. The summed E-state index contributed by atoms with van der Waals surface area (Å²) in [5, 5.41) is 5.71. The minimum absolute atomic E-state index is 0.244. The van der Waals surface area contributed by atoms with Gasteiger partial charge in [-0.1, -0.05) is 6.07 Å². The summed E-state index contributed by atoms with van der Waals surface area (Å²) in [4.78, 5) is 1.32. The maximum absolute atomic E-state index is 5.43. The summed E-state index contributed by atoms with van der Waals surface area (Å²) < 4.78 is 11.9. The molecule has 0 aliphatic carbocycles. The van der Waals surface area contributed by atoms with Gasteiger partial charge in [-0.2, -0.15) is 0 Å². The van der Waals surface area contributed by atoms with Crippen LogP contribution >= 0.6 is 27.3 Å². The topological polar surface area (TPSA) is 30.5 Å². The summed E-state index contributed by atoms with van der Waals surface area (Å²) in [7, 11) is 0. The molecule has 0 saturated carbocycles. The summed E-state index contributed by atoms with van der Waals surface area (Å²) in [6.45, 7) is 4.66. The van der Waals surface area contributed by atoms with Crippen molar-refractivity contribution in [2.24, 2.45) is 0 Å². The monoisotopic (exact) mass is 353 g/mol. The van der Waals surface area contributed by atoms with Crippen LogP contribution < -0.4 is 14.8 Å². The van der Waals surface area contributed by atoms with Crippen LogP contribution in [0.1, 0.15) is 36.4 Å². The summed E-state index contributed by atoms with van der Waals surface area (Å²) >= 11 is 5.35. The lowest BCUT2D eigenvalue weighted by Gasteiger charge is -2.20. The maximum atomic E-state index is 5.43. The highest BCUT2D eigenvalue weighted by Gasteiger charge is 2.18. The largest absolute Gasteiger partial charge is 0.454 e. The Labute approximate surface area is 131 Å². The molecular formula is C15H16BrNO2S. The highest BCUT2D eigenvalue weighted by molar-refractivity contribution is 9.10. The molecule has 2 atom stereocenters. The van der Waals surface area contributed by atoms with Crippen molar-refractivity contribution in [1.82, 2.24) is 5.32 Å². The van der Waals surface area contributed by atoms with Crippen molar-refractivity contribution in [2.45, 2.75) is 25.9 Å². The molecule has 5 heteroatoms. The molecule has 0 fully saturated rings. The molecule has 2 unspecified atom stereocenters. The van der Waals surface area contributed by atoms with Gasteiger partial charge < -0.3 is 14.8 Å². The average molecular weight is 354 g/mol. The molecule has 0 saturated heterocycles. The fraction of sp³-hybridized carbons (Fsp3) is 0.333. The molecular weight excluding hydrogens is 338 g/mol. The first kappa shape index (κ1) is 13.9. The number of rotatable bonds is 4. The molecule has 0 bridgehead atoms. The average Bonchev–Trinajstić information content (AvgIpc) is 3.05. The van der Waals surface area contributed by atoms with Crippen LogP contribution in [0.5, 0.6) is 11.5 Å². The van der Waals surface area contributed by atoms with Gasteiger partial charge in [-0.15, -0.1) is 11.3 Å². The number of hydrogen-bond donors (Lipinski definition) is 1. The molecule has 1 aliphatic heterocycles. The number of nitrogens with one attached hydrogen (secondary N) is 1. The van der Waals surface area contributed by atoms with Crippen molar-refractivity contribution in [1.29, 1.82) is 0 Å². The van der Waals surface area contributed by atoms with Gasteiger partial charge in [0.1, 0.15) is 0 Å². The van der Waals surface area contributed by atoms with E-state index in [0.29, 0.717) is 12.8 Å². The van der Waals surface area contributed by atoms with E-state index in [4.69, 9.17) is 9.47 Å². The van der Waals surface area contributed by atoms with Gasteiger partial charge in [0, 0.05) is 21.4 Å². The number of hydrogen-bond acceptors (Lipinski definition) is 4. The van der Waals surface area contributed by atoms with Gasteiger partial charge >= 0.3 is 0 Å². The Bertz CT molecular complexity index is 614. The zero-order chi connectivity index (χ0) is 14.1. The molecule has 0 radical (unpaired) electrons. The lowest BCUT2D eigenvalue weighted by atomic mass is 10.1. The van der Waals surface area contributed by atoms with Gasteiger partial charge in [-0.3, -0.25) is 0 Å². The first-order chi connectivity index (χ1) is 9.65. The molecule has 1 N–H and O–H groups in total. The van der Waals surface area contributed by atoms with Crippen LogP contribution in [0.15, 0.2) is 34.1 Å². The van der Waals surface area contributed by atoms with Gasteiger partial charge in [0.05, 0.1) is 0 Å². The molecule has 0 spiro atoms.